The van der Waals surface area contributed by atoms with Gasteiger partial charge >= 0.3 is 0 Å². The van der Waals surface area contributed by atoms with E-state index in [4.69, 9.17) is 16.0 Å². The van der Waals surface area contributed by atoms with Crippen molar-refractivity contribution in [3.8, 4) is 0 Å². The first-order chi connectivity index (χ1) is 9.08. The van der Waals surface area contributed by atoms with Crippen LogP contribution in [0.4, 0.5) is 0 Å². The Kier molecular flexibility index (Phi) is 4.22. The van der Waals surface area contributed by atoms with Gasteiger partial charge in [0.05, 0.1) is 11.1 Å². The second-order valence-corrected chi connectivity index (χ2v) is 4.76. The van der Waals surface area contributed by atoms with Gasteiger partial charge in [-0.25, -0.2) is 4.98 Å². The molecule has 0 aliphatic rings. The molecule has 1 N–H and O–H groups in total. The molecule has 1 amide bonds. The van der Waals surface area contributed by atoms with Gasteiger partial charge < -0.3 is 9.73 Å². The van der Waals surface area contributed by atoms with Crippen LogP contribution in [0.1, 0.15) is 33.1 Å². The van der Waals surface area contributed by atoms with Gasteiger partial charge in [0.15, 0.2) is 5.89 Å². The minimum Gasteiger partial charge on any atom is -0.436 e. The minimum absolute atomic E-state index is 0.245. The molecule has 5 heteroatoms. The molecule has 0 aliphatic heterocycles. The van der Waals surface area contributed by atoms with Gasteiger partial charge in [-0.15, -0.1) is 11.6 Å². The molecule has 0 aliphatic carbocycles. The van der Waals surface area contributed by atoms with Crippen LogP contribution in [0.5, 0.6) is 0 Å². The lowest BCUT2D eigenvalue weighted by Crippen LogP contribution is -2.27. The summed E-state index contributed by atoms with van der Waals surface area (Å²) in [6.07, 6.45) is 0. The maximum absolute atomic E-state index is 11.9. The molecule has 1 heterocycles. The molecule has 0 radical (unpaired) electrons. The monoisotopic (exact) mass is 278 g/mol. The molecule has 19 heavy (non-hydrogen) atoms. The number of nitrogens with one attached hydrogen (secondary N) is 1. The Morgan fingerprint density at radius 2 is 2.05 bits per heavy atom. The molecule has 0 fully saturated rings. The van der Waals surface area contributed by atoms with E-state index in [1.54, 1.807) is 13.8 Å². The first-order valence-corrected chi connectivity index (χ1v) is 6.43. The smallest absolute Gasteiger partial charge is 0.289 e. The van der Waals surface area contributed by atoms with Crippen LogP contribution in [-0.4, -0.2) is 17.4 Å². The van der Waals surface area contributed by atoms with Crippen molar-refractivity contribution in [3.63, 3.8) is 0 Å². The average Bonchev–Trinajstić information content (AvgIpc) is 2.75. The fourth-order valence-electron chi connectivity index (χ4n) is 1.78. The van der Waals surface area contributed by atoms with Gasteiger partial charge in [0, 0.05) is 13.5 Å². The first-order valence-electron chi connectivity index (χ1n) is 5.99. The molecular formula is C14H15ClN2O2. The van der Waals surface area contributed by atoms with Gasteiger partial charge in [-0.2, -0.15) is 0 Å². The highest BCUT2D eigenvalue weighted by molar-refractivity contribution is 6.21. The van der Waals surface area contributed by atoms with E-state index >= 15 is 0 Å². The highest BCUT2D eigenvalue weighted by atomic mass is 35.5. The zero-order valence-electron chi connectivity index (χ0n) is 10.8. The molecule has 1 aromatic heterocycles. The average molecular weight is 279 g/mol. The predicted molar refractivity (Wildman–Crippen MR) is 73.3 cm³/mol. The number of hydrogen-bond acceptors (Lipinski definition) is 3. The van der Waals surface area contributed by atoms with Crippen LogP contribution < -0.4 is 5.32 Å². The quantitative estimate of drug-likeness (QED) is 0.875. The summed E-state index contributed by atoms with van der Waals surface area (Å²) in [6, 6.07) is 9.60. The number of carbonyl (C=O) groups excluding carboxylic acids is 1. The Balaban J connectivity index is 1.96. The van der Waals surface area contributed by atoms with Crippen LogP contribution in [0.15, 0.2) is 34.7 Å². The maximum Gasteiger partial charge on any atom is 0.289 e. The van der Waals surface area contributed by atoms with Crippen LogP contribution in [0.25, 0.3) is 0 Å². The number of carbonyl (C=O) groups is 1. The Bertz CT molecular complexity index is 566. The molecule has 4 nitrogen and oxygen atoms in total. The molecule has 0 bridgehead atoms. The highest BCUT2D eigenvalue weighted by Gasteiger charge is 2.17. The van der Waals surface area contributed by atoms with Crippen LogP contribution in [0.3, 0.4) is 0 Å². The van der Waals surface area contributed by atoms with Crippen LogP contribution in [-0.2, 0) is 0 Å². The largest absolute Gasteiger partial charge is 0.436 e. The third kappa shape index (κ3) is 3.35. The summed E-state index contributed by atoms with van der Waals surface area (Å²) in [7, 11) is 0. The fraction of sp³-hybridized carbons (Fsp3) is 0.286. The Labute approximate surface area is 116 Å². The lowest BCUT2D eigenvalue weighted by molar-refractivity contribution is 0.0923. The zero-order valence-corrected chi connectivity index (χ0v) is 11.6. The summed E-state index contributed by atoms with van der Waals surface area (Å²) >= 11 is 6.22. The van der Waals surface area contributed by atoms with Crippen molar-refractivity contribution in [2.45, 2.75) is 19.2 Å². The number of benzene rings is 1. The number of oxazole rings is 1. The molecular weight excluding hydrogens is 264 g/mol. The summed E-state index contributed by atoms with van der Waals surface area (Å²) < 4.78 is 5.25. The summed E-state index contributed by atoms with van der Waals surface area (Å²) in [5, 5.41) is 2.48. The van der Waals surface area contributed by atoms with Crippen LogP contribution in [0.2, 0.25) is 0 Å². The fourth-order valence-corrected chi connectivity index (χ4v) is 2.01. The van der Waals surface area contributed by atoms with Gasteiger partial charge in [0.2, 0.25) is 5.76 Å². The third-order valence-electron chi connectivity index (χ3n) is 2.71. The third-order valence-corrected chi connectivity index (χ3v) is 3.12. The molecule has 1 atom stereocenters. The number of hydrogen-bond donors (Lipinski definition) is 1. The van der Waals surface area contributed by atoms with Gasteiger partial charge in [-0.05, 0) is 12.5 Å². The minimum atomic E-state index is -0.292. The van der Waals surface area contributed by atoms with Crippen molar-refractivity contribution in [1.82, 2.24) is 10.3 Å². The lowest BCUT2D eigenvalue weighted by atomic mass is 10.1. The Morgan fingerprint density at radius 1 is 1.37 bits per heavy atom. The molecule has 2 rings (SSSR count). The van der Waals surface area contributed by atoms with E-state index in [-0.39, 0.29) is 17.0 Å². The number of nitrogens with zero attached hydrogens (tertiary/aromatic N) is 1. The lowest BCUT2D eigenvalue weighted by Gasteiger charge is -2.10. The Hall–Kier alpha value is -1.81. The number of aromatic nitrogens is 1. The van der Waals surface area contributed by atoms with Gasteiger partial charge in [-0.1, -0.05) is 30.3 Å². The molecule has 0 spiro atoms. The normalized spacial score (nSPS) is 12.2. The van der Waals surface area contributed by atoms with Crippen molar-refractivity contribution >= 4 is 17.5 Å². The summed E-state index contributed by atoms with van der Waals surface area (Å²) in [5.41, 5.74) is 1.55. The summed E-state index contributed by atoms with van der Waals surface area (Å²) in [4.78, 5) is 16.0. The first kappa shape index (κ1) is 13.6. The molecule has 1 aromatic carbocycles. The summed E-state index contributed by atoms with van der Waals surface area (Å²) in [5.74, 6) is 0.433. The van der Waals surface area contributed by atoms with E-state index in [0.29, 0.717) is 18.1 Å². The van der Waals surface area contributed by atoms with E-state index < -0.39 is 0 Å². The second kappa shape index (κ2) is 5.89. The van der Waals surface area contributed by atoms with Gasteiger partial charge in [0.1, 0.15) is 0 Å². The van der Waals surface area contributed by atoms with Crippen molar-refractivity contribution in [2.24, 2.45) is 0 Å². The van der Waals surface area contributed by atoms with Crippen molar-refractivity contribution in [3.05, 3.63) is 53.2 Å². The van der Waals surface area contributed by atoms with Crippen LogP contribution >= 0.6 is 11.6 Å². The van der Waals surface area contributed by atoms with Gasteiger partial charge in [-0.3, -0.25) is 4.79 Å². The predicted octanol–water partition coefficient (Wildman–Crippen LogP) is 3.00. The van der Waals surface area contributed by atoms with Crippen molar-refractivity contribution in [1.29, 1.82) is 0 Å². The second-order valence-electron chi connectivity index (χ2n) is 4.24. The molecule has 2 aromatic rings. The van der Waals surface area contributed by atoms with E-state index in [1.807, 2.05) is 30.3 Å². The number of amides is 1. The van der Waals surface area contributed by atoms with Crippen LogP contribution in [0, 0.1) is 13.8 Å². The van der Waals surface area contributed by atoms with Crippen molar-refractivity contribution < 1.29 is 9.21 Å². The maximum atomic E-state index is 11.9. The van der Waals surface area contributed by atoms with Crippen molar-refractivity contribution in [2.75, 3.05) is 6.54 Å². The topological polar surface area (TPSA) is 55.1 Å². The molecule has 100 valence electrons. The highest BCUT2D eigenvalue weighted by Crippen LogP contribution is 2.19. The van der Waals surface area contributed by atoms with E-state index in [9.17, 15) is 4.79 Å². The van der Waals surface area contributed by atoms with Gasteiger partial charge in [0.25, 0.3) is 5.91 Å². The Morgan fingerprint density at radius 3 is 2.63 bits per heavy atom. The standard InChI is InChI=1S/C14H15ClN2O2/c1-9-13(19-10(2)17-9)14(18)16-8-12(15)11-6-4-3-5-7-11/h3-7,12H,8H2,1-2H3,(H,16,18). The number of aryl methyl sites for hydroxylation is 2. The van der Waals surface area contributed by atoms with E-state index in [2.05, 4.69) is 10.3 Å². The SMILES string of the molecule is Cc1nc(C)c(C(=O)NCC(Cl)c2ccccc2)o1. The van der Waals surface area contributed by atoms with E-state index in [1.165, 1.54) is 0 Å². The van der Waals surface area contributed by atoms with E-state index in [0.717, 1.165) is 5.56 Å². The number of halogens is 1. The number of alkyl halides is 1. The number of rotatable bonds is 4. The summed E-state index contributed by atoms with van der Waals surface area (Å²) in [6.45, 7) is 3.78. The molecule has 0 saturated carbocycles. The molecule has 1 unspecified atom stereocenters. The molecule has 0 saturated heterocycles. The zero-order chi connectivity index (χ0) is 13.8.